The molecule has 0 amide bonds. The van der Waals surface area contributed by atoms with E-state index < -0.39 is 24.8 Å². The summed E-state index contributed by atoms with van der Waals surface area (Å²) in [5, 5.41) is 8.48. The van der Waals surface area contributed by atoms with Gasteiger partial charge >= 0.3 is 0 Å². The molecule has 0 aliphatic rings. The Balaban J connectivity index is 3.57. The second kappa shape index (κ2) is 4.50. The minimum absolute atomic E-state index is 0.217. The van der Waals surface area contributed by atoms with Gasteiger partial charge in [0.15, 0.2) is 9.84 Å². The monoisotopic (exact) mass is 265 g/mol. The standard InChI is InChI=1S/C8H11NO5S2/c1-2-15(11,12)7-5-3-4-6-8(7)16(13,14)9-10/h3-6,9-10H,2H2,1H3. The van der Waals surface area contributed by atoms with Crippen LogP contribution in [0, 0.1) is 0 Å². The quantitative estimate of drug-likeness (QED) is 0.755. The van der Waals surface area contributed by atoms with E-state index in [-0.39, 0.29) is 10.6 Å². The van der Waals surface area contributed by atoms with Crippen LogP contribution in [-0.2, 0) is 19.9 Å². The summed E-state index contributed by atoms with van der Waals surface area (Å²) >= 11 is 0. The highest BCUT2D eigenvalue weighted by Gasteiger charge is 2.24. The van der Waals surface area contributed by atoms with E-state index in [1.54, 1.807) is 0 Å². The van der Waals surface area contributed by atoms with E-state index in [1.807, 2.05) is 0 Å². The van der Waals surface area contributed by atoms with Gasteiger partial charge in [0.1, 0.15) is 4.90 Å². The summed E-state index contributed by atoms with van der Waals surface area (Å²) in [7, 11) is -7.85. The summed E-state index contributed by atoms with van der Waals surface area (Å²) in [6.45, 7) is 1.41. The van der Waals surface area contributed by atoms with Crippen LogP contribution in [0.5, 0.6) is 0 Å². The Morgan fingerprint density at radius 3 is 2.06 bits per heavy atom. The minimum atomic E-state index is -4.20. The van der Waals surface area contributed by atoms with E-state index in [1.165, 1.54) is 25.1 Å². The lowest BCUT2D eigenvalue weighted by molar-refractivity contribution is 0.242. The first kappa shape index (κ1) is 13.1. The Labute approximate surface area is 93.8 Å². The average molecular weight is 265 g/mol. The van der Waals surface area contributed by atoms with Crippen LogP contribution < -0.4 is 4.89 Å². The molecule has 0 aliphatic carbocycles. The maximum atomic E-state index is 11.6. The van der Waals surface area contributed by atoms with Crippen LogP contribution in [0.25, 0.3) is 0 Å². The molecule has 0 atom stereocenters. The zero-order valence-electron chi connectivity index (χ0n) is 8.41. The summed E-state index contributed by atoms with van der Waals surface area (Å²) in [5.41, 5.74) is 0. The highest BCUT2D eigenvalue weighted by Crippen LogP contribution is 2.21. The Bertz CT molecular complexity index is 523. The molecule has 0 saturated carbocycles. The normalized spacial score (nSPS) is 12.6. The van der Waals surface area contributed by atoms with Gasteiger partial charge in [-0.25, -0.2) is 16.8 Å². The van der Waals surface area contributed by atoms with E-state index >= 15 is 0 Å². The molecule has 8 heteroatoms. The molecule has 0 heterocycles. The van der Waals surface area contributed by atoms with Gasteiger partial charge in [-0.15, -0.1) is 0 Å². The van der Waals surface area contributed by atoms with E-state index in [0.717, 1.165) is 11.0 Å². The Hall–Kier alpha value is -0.960. The van der Waals surface area contributed by atoms with Crippen LogP contribution in [-0.4, -0.2) is 27.8 Å². The molecular weight excluding hydrogens is 254 g/mol. The van der Waals surface area contributed by atoms with Crippen LogP contribution >= 0.6 is 0 Å². The first-order valence-corrected chi connectivity index (χ1v) is 7.46. The number of rotatable bonds is 4. The lowest BCUT2D eigenvalue weighted by atomic mass is 10.4. The maximum absolute atomic E-state index is 11.6. The zero-order valence-corrected chi connectivity index (χ0v) is 10.0. The third kappa shape index (κ3) is 2.40. The molecule has 90 valence electrons. The van der Waals surface area contributed by atoms with Gasteiger partial charge < -0.3 is 5.21 Å². The molecule has 0 radical (unpaired) electrons. The van der Waals surface area contributed by atoms with Gasteiger partial charge in [0, 0.05) is 0 Å². The molecular formula is C8H11NO5S2. The lowest BCUT2D eigenvalue weighted by Gasteiger charge is -2.08. The molecule has 1 rings (SSSR count). The Morgan fingerprint density at radius 1 is 1.12 bits per heavy atom. The zero-order chi connectivity index (χ0) is 12.4. The van der Waals surface area contributed by atoms with Crippen molar-refractivity contribution in [2.24, 2.45) is 0 Å². The van der Waals surface area contributed by atoms with Crippen LogP contribution in [0.2, 0.25) is 0 Å². The van der Waals surface area contributed by atoms with Crippen molar-refractivity contribution in [3.05, 3.63) is 24.3 Å². The predicted molar refractivity (Wildman–Crippen MR) is 56.3 cm³/mol. The average Bonchev–Trinajstić information content (AvgIpc) is 2.29. The van der Waals surface area contributed by atoms with Crippen molar-refractivity contribution in [1.82, 2.24) is 4.89 Å². The first-order valence-electron chi connectivity index (χ1n) is 4.33. The molecule has 1 aromatic carbocycles. The van der Waals surface area contributed by atoms with E-state index in [9.17, 15) is 16.8 Å². The number of sulfone groups is 1. The van der Waals surface area contributed by atoms with E-state index in [0.29, 0.717) is 0 Å². The summed E-state index contributed by atoms with van der Waals surface area (Å²) < 4.78 is 45.9. The molecule has 0 unspecified atom stereocenters. The van der Waals surface area contributed by atoms with E-state index in [2.05, 4.69) is 0 Å². The number of benzene rings is 1. The fourth-order valence-corrected chi connectivity index (χ4v) is 3.50. The van der Waals surface area contributed by atoms with Gasteiger partial charge in [-0.2, -0.15) is 0 Å². The summed E-state index contributed by atoms with van der Waals surface area (Å²) in [6.07, 6.45) is 0. The van der Waals surface area contributed by atoms with Crippen molar-refractivity contribution in [3.63, 3.8) is 0 Å². The smallest absolute Gasteiger partial charge is 0.263 e. The van der Waals surface area contributed by atoms with Crippen molar-refractivity contribution in [2.45, 2.75) is 16.7 Å². The SMILES string of the molecule is CCS(=O)(=O)c1ccccc1S(=O)(=O)NO. The topological polar surface area (TPSA) is 101 Å². The highest BCUT2D eigenvalue weighted by molar-refractivity contribution is 7.93. The minimum Gasteiger partial charge on any atom is -0.302 e. The molecule has 0 fully saturated rings. The molecule has 0 spiro atoms. The molecule has 0 aliphatic heterocycles. The lowest BCUT2D eigenvalue weighted by Crippen LogP contribution is -2.22. The van der Waals surface area contributed by atoms with Gasteiger partial charge in [-0.3, -0.25) is 0 Å². The van der Waals surface area contributed by atoms with Crippen LogP contribution in [0.15, 0.2) is 34.1 Å². The molecule has 0 bridgehead atoms. The van der Waals surface area contributed by atoms with Crippen LogP contribution in [0.4, 0.5) is 0 Å². The van der Waals surface area contributed by atoms with Crippen LogP contribution in [0.3, 0.4) is 0 Å². The van der Waals surface area contributed by atoms with Gasteiger partial charge in [-0.05, 0) is 12.1 Å². The Morgan fingerprint density at radius 2 is 1.62 bits per heavy atom. The van der Waals surface area contributed by atoms with Crippen molar-refractivity contribution in [2.75, 3.05) is 5.75 Å². The Kier molecular flexibility index (Phi) is 3.68. The number of hydrogen-bond donors (Lipinski definition) is 2. The van der Waals surface area contributed by atoms with Crippen molar-refractivity contribution >= 4 is 19.9 Å². The third-order valence-corrected chi connectivity index (χ3v) is 5.06. The number of hydrogen-bond acceptors (Lipinski definition) is 5. The van der Waals surface area contributed by atoms with Gasteiger partial charge in [0.2, 0.25) is 0 Å². The van der Waals surface area contributed by atoms with Crippen molar-refractivity contribution in [3.8, 4) is 0 Å². The summed E-state index contributed by atoms with van der Waals surface area (Å²) in [4.78, 5) is 0.323. The summed E-state index contributed by atoms with van der Waals surface area (Å²) in [5.74, 6) is -0.217. The second-order valence-electron chi connectivity index (χ2n) is 2.94. The molecule has 0 aromatic heterocycles. The van der Waals surface area contributed by atoms with Gasteiger partial charge in [0.05, 0.1) is 10.6 Å². The van der Waals surface area contributed by atoms with Gasteiger partial charge in [0.25, 0.3) is 10.0 Å². The van der Waals surface area contributed by atoms with Crippen LogP contribution in [0.1, 0.15) is 6.92 Å². The highest BCUT2D eigenvalue weighted by atomic mass is 32.2. The number of sulfonamides is 1. The van der Waals surface area contributed by atoms with Crippen molar-refractivity contribution in [1.29, 1.82) is 0 Å². The fourth-order valence-electron chi connectivity index (χ4n) is 1.13. The number of nitrogens with one attached hydrogen (secondary N) is 1. The molecule has 16 heavy (non-hydrogen) atoms. The van der Waals surface area contributed by atoms with Gasteiger partial charge in [-0.1, -0.05) is 23.9 Å². The van der Waals surface area contributed by atoms with E-state index in [4.69, 9.17) is 5.21 Å². The first-order chi connectivity index (χ1) is 7.35. The third-order valence-electron chi connectivity index (χ3n) is 1.97. The summed E-state index contributed by atoms with van der Waals surface area (Å²) in [6, 6.07) is 5.09. The molecule has 0 saturated heterocycles. The molecule has 2 N–H and O–H groups in total. The maximum Gasteiger partial charge on any atom is 0.263 e. The molecule has 6 nitrogen and oxygen atoms in total. The second-order valence-corrected chi connectivity index (χ2v) is 6.82. The largest absolute Gasteiger partial charge is 0.302 e. The predicted octanol–water partition coefficient (Wildman–Crippen LogP) is 0.148. The molecule has 1 aromatic rings. The fraction of sp³-hybridized carbons (Fsp3) is 0.250. The van der Waals surface area contributed by atoms with Crippen molar-refractivity contribution < 1.29 is 22.0 Å².